The van der Waals surface area contributed by atoms with E-state index in [4.69, 9.17) is 9.15 Å². The van der Waals surface area contributed by atoms with Gasteiger partial charge < -0.3 is 14.5 Å². The first-order valence-corrected chi connectivity index (χ1v) is 11.1. The van der Waals surface area contributed by atoms with Crippen molar-refractivity contribution in [3.8, 4) is 5.75 Å². The highest BCUT2D eigenvalue weighted by molar-refractivity contribution is 7.99. The molecule has 4 aromatic rings. The molecule has 1 unspecified atom stereocenters. The Kier molecular flexibility index (Phi) is 6.61. The zero-order valence-corrected chi connectivity index (χ0v) is 18.6. The first-order chi connectivity index (χ1) is 15.5. The number of carbonyl (C=O) groups excluding carboxylic acids is 1. The maximum Gasteiger partial charge on any atom is 0.262 e. The van der Waals surface area contributed by atoms with E-state index in [-0.39, 0.29) is 23.3 Å². The molecule has 7 nitrogen and oxygen atoms in total. The lowest BCUT2D eigenvalue weighted by molar-refractivity contribution is -0.119. The number of methoxy groups -OCH3 is 1. The van der Waals surface area contributed by atoms with Gasteiger partial charge in [-0.05, 0) is 48.9 Å². The minimum absolute atomic E-state index is 0.123. The Morgan fingerprint density at radius 2 is 1.94 bits per heavy atom. The largest absolute Gasteiger partial charge is 0.497 e. The van der Waals surface area contributed by atoms with Gasteiger partial charge in [0.2, 0.25) is 5.91 Å². The summed E-state index contributed by atoms with van der Waals surface area (Å²) in [5, 5.41) is 3.94. The highest BCUT2D eigenvalue weighted by Gasteiger charge is 2.16. The van der Waals surface area contributed by atoms with Crippen LogP contribution in [-0.2, 0) is 11.3 Å². The molecule has 0 aliphatic rings. The molecular weight excluding hydrogens is 426 g/mol. The number of fused-ring (bicyclic) bond motifs is 1. The Morgan fingerprint density at radius 3 is 2.66 bits per heavy atom. The molecule has 1 amide bonds. The molecule has 0 spiro atoms. The molecule has 4 rings (SSSR count). The Bertz CT molecular complexity index is 1270. The number of amides is 1. The number of nitrogens with zero attached hydrogens (tertiary/aromatic N) is 2. The van der Waals surface area contributed by atoms with Crippen molar-refractivity contribution in [2.75, 3.05) is 12.9 Å². The van der Waals surface area contributed by atoms with Gasteiger partial charge in [-0.1, -0.05) is 36.0 Å². The van der Waals surface area contributed by atoms with Gasteiger partial charge in [0.1, 0.15) is 11.5 Å². The fourth-order valence-electron chi connectivity index (χ4n) is 3.33. The minimum Gasteiger partial charge on any atom is -0.497 e. The second-order valence-corrected chi connectivity index (χ2v) is 8.19. The van der Waals surface area contributed by atoms with Gasteiger partial charge in [0.15, 0.2) is 5.16 Å². The third kappa shape index (κ3) is 4.86. The second-order valence-electron chi connectivity index (χ2n) is 7.24. The number of hydrogen-bond donors (Lipinski definition) is 1. The number of rotatable bonds is 8. The van der Waals surface area contributed by atoms with E-state index in [9.17, 15) is 9.59 Å². The summed E-state index contributed by atoms with van der Waals surface area (Å²) < 4.78 is 12.2. The summed E-state index contributed by atoms with van der Waals surface area (Å²) in [5.41, 5.74) is 1.40. The molecule has 2 aromatic carbocycles. The van der Waals surface area contributed by atoms with Crippen LogP contribution in [0.25, 0.3) is 10.9 Å². The average Bonchev–Trinajstić information content (AvgIpc) is 3.35. The third-order valence-corrected chi connectivity index (χ3v) is 5.98. The van der Waals surface area contributed by atoms with Crippen molar-refractivity contribution in [2.24, 2.45) is 0 Å². The molecule has 0 aliphatic carbocycles. The van der Waals surface area contributed by atoms with E-state index in [0.717, 1.165) is 11.3 Å². The quantitative estimate of drug-likeness (QED) is 0.323. The van der Waals surface area contributed by atoms with Crippen molar-refractivity contribution < 1.29 is 13.9 Å². The first kappa shape index (κ1) is 21.7. The number of furan rings is 1. The van der Waals surface area contributed by atoms with Crippen LogP contribution in [0.4, 0.5) is 0 Å². The molecule has 0 bridgehead atoms. The number of ether oxygens (including phenoxy) is 1. The first-order valence-electron chi connectivity index (χ1n) is 10.1. The van der Waals surface area contributed by atoms with Crippen molar-refractivity contribution >= 4 is 28.6 Å². The van der Waals surface area contributed by atoms with Gasteiger partial charge in [0, 0.05) is 0 Å². The Morgan fingerprint density at radius 1 is 1.16 bits per heavy atom. The third-order valence-electron chi connectivity index (χ3n) is 5.01. The van der Waals surface area contributed by atoms with E-state index < -0.39 is 0 Å². The number of hydrogen-bond acceptors (Lipinski definition) is 6. The average molecular weight is 450 g/mol. The summed E-state index contributed by atoms with van der Waals surface area (Å²) in [6.45, 7) is 2.20. The predicted octanol–water partition coefficient (Wildman–Crippen LogP) is 4.02. The van der Waals surface area contributed by atoms with Crippen molar-refractivity contribution in [3.05, 3.63) is 88.6 Å². The van der Waals surface area contributed by atoms with E-state index in [0.29, 0.717) is 28.4 Å². The van der Waals surface area contributed by atoms with Crippen LogP contribution in [0.2, 0.25) is 0 Å². The van der Waals surface area contributed by atoms with Crippen LogP contribution >= 0.6 is 11.8 Å². The zero-order chi connectivity index (χ0) is 22.5. The van der Waals surface area contributed by atoms with Gasteiger partial charge in [-0.25, -0.2) is 4.98 Å². The second kappa shape index (κ2) is 9.74. The number of carbonyl (C=O) groups is 1. The molecule has 8 heteroatoms. The minimum atomic E-state index is -0.246. The van der Waals surface area contributed by atoms with E-state index in [2.05, 4.69) is 10.3 Å². The van der Waals surface area contributed by atoms with Crippen LogP contribution in [0.5, 0.6) is 5.75 Å². The van der Waals surface area contributed by atoms with Gasteiger partial charge in [-0.3, -0.25) is 14.2 Å². The number of nitrogens with one attached hydrogen (secondary N) is 1. The van der Waals surface area contributed by atoms with Crippen LogP contribution in [0, 0.1) is 0 Å². The van der Waals surface area contributed by atoms with Crippen LogP contribution in [0.15, 0.2) is 81.3 Å². The topological polar surface area (TPSA) is 86.4 Å². The fourth-order valence-corrected chi connectivity index (χ4v) is 4.14. The monoisotopic (exact) mass is 449 g/mol. The Balaban J connectivity index is 1.58. The van der Waals surface area contributed by atoms with Gasteiger partial charge in [-0.2, -0.15) is 0 Å². The van der Waals surface area contributed by atoms with Gasteiger partial charge in [0.25, 0.3) is 5.56 Å². The van der Waals surface area contributed by atoms with E-state index in [1.165, 1.54) is 11.8 Å². The van der Waals surface area contributed by atoms with E-state index >= 15 is 0 Å². The standard InChI is InChI=1S/C24H23N3O4S/c1-16(21-8-5-13-31-21)25-22(28)15-32-24-26-20-7-4-3-6-19(20)23(29)27(24)14-17-9-11-18(30-2)12-10-17/h3-13,16H,14-15H2,1-2H3,(H,25,28). The summed E-state index contributed by atoms with van der Waals surface area (Å²) in [7, 11) is 1.61. The molecule has 32 heavy (non-hydrogen) atoms. The van der Waals surface area contributed by atoms with Crippen LogP contribution in [0.1, 0.15) is 24.3 Å². The molecular formula is C24H23N3O4S. The SMILES string of the molecule is COc1ccc(Cn2c(SCC(=O)NC(C)c3ccco3)nc3ccccc3c2=O)cc1. The molecule has 0 aliphatic heterocycles. The number of benzene rings is 2. The van der Waals surface area contributed by atoms with E-state index in [1.54, 1.807) is 36.1 Å². The summed E-state index contributed by atoms with van der Waals surface area (Å²) >= 11 is 1.23. The van der Waals surface area contributed by atoms with Crippen molar-refractivity contribution in [1.82, 2.24) is 14.9 Å². The maximum absolute atomic E-state index is 13.2. The molecule has 0 saturated heterocycles. The molecule has 0 saturated carbocycles. The van der Waals surface area contributed by atoms with Crippen LogP contribution < -0.4 is 15.6 Å². The van der Waals surface area contributed by atoms with Crippen LogP contribution in [0.3, 0.4) is 0 Å². The van der Waals surface area contributed by atoms with Crippen molar-refractivity contribution in [1.29, 1.82) is 0 Å². The zero-order valence-electron chi connectivity index (χ0n) is 17.8. The van der Waals surface area contributed by atoms with Gasteiger partial charge >= 0.3 is 0 Å². The smallest absolute Gasteiger partial charge is 0.262 e. The van der Waals surface area contributed by atoms with Crippen molar-refractivity contribution in [3.63, 3.8) is 0 Å². The lowest BCUT2D eigenvalue weighted by Crippen LogP contribution is -2.29. The number of para-hydroxylation sites is 1. The molecule has 2 aromatic heterocycles. The van der Waals surface area contributed by atoms with Crippen molar-refractivity contribution in [2.45, 2.75) is 24.7 Å². The summed E-state index contributed by atoms with van der Waals surface area (Å²) in [5.74, 6) is 1.38. The molecule has 0 radical (unpaired) electrons. The maximum atomic E-state index is 13.2. The summed E-state index contributed by atoms with van der Waals surface area (Å²) in [4.78, 5) is 30.4. The molecule has 1 atom stereocenters. The summed E-state index contributed by atoms with van der Waals surface area (Å²) in [6.07, 6.45) is 1.57. The van der Waals surface area contributed by atoms with Gasteiger partial charge in [0.05, 0.1) is 42.6 Å². The molecule has 2 heterocycles. The predicted molar refractivity (Wildman–Crippen MR) is 124 cm³/mol. The van der Waals surface area contributed by atoms with Crippen LogP contribution in [-0.4, -0.2) is 28.3 Å². The lowest BCUT2D eigenvalue weighted by Gasteiger charge is -2.14. The number of thioether (sulfide) groups is 1. The summed E-state index contributed by atoms with van der Waals surface area (Å²) in [6, 6.07) is 18.1. The highest BCUT2D eigenvalue weighted by atomic mass is 32.2. The lowest BCUT2D eigenvalue weighted by atomic mass is 10.2. The number of aromatic nitrogens is 2. The molecule has 0 fully saturated rings. The highest BCUT2D eigenvalue weighted by Crippen LogP contribution is 2.20. The van der Waals surface area contributed by atoms with E-state index in [1.807, 2.05) is 49.4 Å². The Labute approximate surface area is 189 Å². The fraction of sp³-hybridized carbons (Fsp3) is 0.208. The molecule has 1 N–H and O–H groups in total. The normalized spacial score (nSPS) is 11.9. The van der Waals surface area contributed by atoms with Gasteiger partial charge in [-0.15, -0.1) is 0 Å². The Hall–Kier alpha value is -3.52. The molecule has 164 valence electrons.